The minimum Gasteiger partial charge on any atom is -0.326 e. The zero-order chi connectivity index (χ0) is 22.0. The number of amides is 1. The standard InChI is InChI=1S/C23H27N3O3S/c1-22(2,3)26-30(28,29)20-11-4-17(5-12-20)6-13-21(27)25-19-9-7-18(8-10-19)23(16-24)14-15-23/h4-5,7-12,26H,6,13-15H2,1-3H3,(H,25,27). The lowest BCUT2D eigenvalue weighted by Gasteiger charge is -2.20. The van der Waals surface area contributed by atoms with Crippen LogP contribution in [0, 0.1) is 11.3 Å². The Kier molecular flexibility index (Phi) is 6.02. The molecule has 1 aliphatic rings. The van der Waals surface area contributed by atoms with Crippen molar-refractivity contribution in [1.29, 1.82) is 5.26 Å². The number of sulfonamides is 1. The Bertz CT molecular complexity index is 1060. The summed E-state index contributed by atoms with van der Waals surface area (Å²) in [7, 11) is -3.57. The zero-order valence-electron chi connectivity index (χ0n) is 17.5. The number of hydrogen-bond acceptors (Lipinski definition) is 4. The van der Waals surface area contributed by atoms with Gasteiger partial charge in [-0.25, -0.2) is 13.1 Å². The van der Waals surface area contributed by atoms with E-state index in [0.29, 0.717) is 12.1 Å². The van der Waals surface area contributed by atoms with Gasteiger partial charge in [0.1, 0.15) is 0 Å². The molecule has 1 fully saturated rings. The van der Waals surface area contributed by atoms with Crippen molar-refractivity contribution in [3.63, 3.8) is 0 Å². The van der Waals surface area contributed by atoms with Crippen molar-refractivity contribution in [2.45, 2.75) is 62.3 Å². The molecule has 0 atom stereocenters. The van der Waals surface area contributed by atoms with Gasteiger partial charge in [-0.1, -0.05) is 24.3 Å². The molecule has 0 radical (unpaired) electrons. The van der Waals surface area contributed by atoms with Crippen LogP contribution in [0.25, 0.3) is 0 Å². The van der Waals surface area contributed by atoms with Crippen LogP contribution in [-0.4, -0.2) is 19.9 Å². The van der Waals surface area contributed by atoms with E-state index >= 15 is 0 Å². The first kappa shape index (κ1) is 22.0. The number of hydrogen-bond donors (Lipinski definition) is 2. The van der Waals surface area contributed by atoms with Crippen molar-refractivity contribution in [2.75, 3.05) is 5.32 Å². The minimum absolute atomic E-state index is 0.115. The molecule has 0 heterocycles. The van der Waals surface area contributed by atoms with Crippen LogP contribution in [0.15, 0.2) is 53.4 Å². The highest BCUT2D eigenvalue weighted by Gasteiger charge is 2.44. The fourth-order valence-electron chi connectivity index (χ4n) is 3.24. The average Bonchev–Trinajstić information content (AvgIpc) is 3.47. The van der Waals surface area contributed by atoms with Gasteiger partial charge in [-0.15, -0.1) is 0 Å². The Morgan fingerprint density at radius 3 is 2.17 bits per heavy atom. The van der Waals surface area contributed by atoms with Crippen LogP contribution in [0.4, 0.5) is 5.69 Å². The van der Waals surface area contributed by atoms with E-state index in [1.54, 1.807) is 45.0 Å². The van der Waals surface area contributed by atoms with Crippen molar-refractivity contribution in [3.05, 3.63) is 59.7 Å². The van der Waals surface area contributed by atoms with Crippen LogP contribution in [0.2, 0.25) is 0 Å². The fraction of sp³-hybridized carbons (Fsp3) is 0.391. The first-order valence-corrected chi connectivity index (χ1v) is 11.5. The Morgan fingerprint density at radius 2 is 1.67 bits per heavy atom. The minimum atomic E-state index is -3.57. The second-order valence-corrected chi connectivity index (χ2v) is 10.5. The quantitative estimate of drug-likeness (QED) is 0.703. The van der Waals surface area contributed by atoms with Crippen LogP contribution in [0.5, 0.6) is 0 Å². The van der Waals surface area contributed by atoms with Gasteiger partial charge in [0.05, 0.1) is 16.4 Å². The summed E-state index contributed by atoms with van der Waals surface area (Å²) in [4.78, 5) is 12.5. The molecule has 0 bridgehead atoms. The maximum absolute atomic E-state index is 12.3. The van der Waals surface area contributed by atoms with Crippen LogP contribution < -0.4 is 10.0 Å². The summed E-state index contributed by atoms with van der Waals surface area (Å²) in [6.45, 7) is 5.37. The van der Waals surface area contributed by atoms with Crippen molar-refractivity contribution < 1.29 is 13.2 Å². The largest absolute Gasteiger partial charge is 0.326 e. The van der Waals surface area contributed by atoms with Crippen LogP contribution in [-0.2, 0) is 26.7 Å². The molecule has 0 spiro atoms. The van der Waals surface area contributed by atoms with Crippen LogP contribution >= 0.6 is 0 Å². The van der Waals surface area contributed by atoms with E-state index in [0.717, 1.165) is 24.0 Å². The summed E-state index contributed by atoms with van der Waals surface area (Å²) < 4.78 is 27.3. The summed E-state index contributed by atoms with van der Waals surface area (Å²) in [6.07, 6.45) is 2.58. The third kappa shape index (κ3) is 5.47. The Balaban J connectivity index is 1.53. The summed E-state index contributed by atoms with van der Waals surface area (Å²) in [6, 6.07) is 16.4. The molecular formula is C23H27N3O3S. The molecule has 30 heavy (non-hydrogen) atoms. The monoisotopic (exact) mass is 425 g/mol. The lowest BCUT2D eigenvalue weighted by Crippen LogP contribution is -2.40. The third-order valence-electron chi connectivity index (χ3n) is 5.00. The topological polar surface area (TPSA) is 99.1 Å². The molecule has 2 aromatic rings. The lowest BCUT2D eigenvalue weighted by atomic mass is 9.98. The highest BCUT2D eigenvalue weighted by molar-refractivity contribution is 7.89. The van der Waals surface area contributed by atoms with Gasteiger partial charge in [0, 0.05) is 17.6 Å². The molecule has 0 aromatic heterocycles. The van der Waals surface area contributed by atoms with Gasteiger partial charge in [-0.2, -0.15) is 5.26 Å². The molecule has 2 aromatic carbocycles. The van der Waals surface area contributed by atoms with Gasteiger partial charge in [0.15, 0.2) is 0 Å². The second-order valence-electron chi connectivity index (χ2n) is 8.82. The first-order chi connectivity index (χ1) is 14.0. The van der Waals surface area contributed by atoms with Gasteiger partial charge in [-0.05, 0) is 75.4 Å². The highest BCUT2D eigenvalue weighted by Crippen LogP contribution is 2.47. The number of nitrogens with zero attached hydrogens (tertiary/aromatic N) is 1. The molecule has 7 heteroatoms. The maximum Gasteiger partial charge on any atom is 0.241 e. The van der Waals surface area contributed by atoms with E-state index in [1.165, 1.54) is 0 Å². The number of rotatable bonds is 7. The van der Waals surface area contributed by atoms with Crippen molar-refractivity contribution in [2.24, 2.45) is 0 Å². The van der Waals surface area contributed by atoms with E-state index in [2.05, 4.69) is 16.1 Å². The summed E-state index contributed by atoms with van der Waals surface area (Å²) in [5, 5.41) is 12.1. The molecule has 1 amide bonds. The van der Waals surface area contributed by atoms with E-state index < -0.39 is 15.6 Å². The van der Waals surface area contributed by atoms with Crippen LogP contribution in [0.1, 0.15) is 51.2 Å². The Labute approximate surface area is 178 Å². The maximum atomic E-state index is 12.3. The lowest BCUT2D eigenvalue weighted by molar-refractivity contribution is -0.116. The molecule has 0 saturated heterocycles. The number of carbonyl (C=O) groups is 1. The predicted octanol–water partition coefficient (Wildman–Crippen LogP) is 3.89. The second kappa shape index (κ2) is 8.21. The van der Waals surface area contributed by atoms with E-state index in [-0.39, 0.29) is 22.6 Å². The molecule has 2 N–H and O–H groups in total. The molecule has 158 valence electrons. The van der Waals surface area contributed by atoms with Gasteiger partial charge in [0.2, 0.25) is 15.9 Å². The predicted molar refractivity (Wildman–Crippen MR) is 116 cm³/mol. The van der Waals surface area contributed by atoms with Gasteiger partial charge in [-0.3, -0.25) is 4.79 Å². The average molecular weight is 426 g/mol. The molecule has 1 saturated carbocycles. The molecule has 0 unspecified atom stereocenters. The smallest absolute Gasteiger partial charge is 0.241 e. The summed E-state index contributed by atoms with van der Waals surface area (Å²) in [5.74, 6) is -0.115. The summed E-state index contributed by atoms with van der Waals surface area (Å²) in [5.41, 5.74) is 1.71. The molecule has 3 rings (SSSR count). The van der Waals surface area contributed by atoms with Gasteiger partial charge < -0.3 is 5.32 Å². The fourth-order valence-corrected chi connectivity index (χ4v) is 4.66. The molecule has 6 nitrogen and oxygen atoms in total. The highest BCUT2D eigenvalue weighted by atomic mass is 32.2. The third-order valence-corrected chi connectivity index (χ3v) is 6.77. The molecule has 1 aliphatic carbocycles. The number of carbonyl (C=O) groups excluding carboxylic acids is 1. The van der Waals surface area contributed by atoms with Crippen molar-refractivity contribution >= 4 is 21.6 Å². The Hall–Kier alpha value is -2.69. The van der Waals surface area contributed by atoms with E-state index in [1.807, 2.05) is 24.3 Å². The van der Waals surface area contributed by atoms with Gasteiger partial charge >= 0.3 is 0 Å². The number of nitrogens with one attached hydrogen (secondary N) is 2. The van der Waals surface area contributed by atoms with E-state index in [4.69, 9.17) is 0 Å². The number of benzene rings is 2. The zero-order valence-corrected chi connectivity index (χ0v) is 18.3. The molecular weight excluding hydrogens is 398 g/mol. The normalized spacial score (nSPS) is 15.3. The van der Waals surface area contributed by atoms with Crippen LogP contribution in [0.3, 0.4) is 0 Å². The number of anilines is 1. The number of nitriles is 1. The van der Waals surface area contributed by atoms with Crippen molar-refractivity contribution in [3.8, 4) is 6.07 Å². The first-order valence-electron chi connectivity index (χ1n) is 9.98. The number of aryl methyl sites for hydroxylation is 1. The Morgan fingerprint density at radius 1 is 1.07 bits per heavy atom. The SMILES string of the molecule is CC(C)(C)NS(=O)(=O)c1ccc(CCC(=O)Nc2ccc(C3(C#N)CC3)cc2)cc1. The van der Waals surface area contributed by atoms with Gasteiger partial charge in [0.25, 0.3) is 0 Å². The van der Waals surface area contributed by atoms with E-state index in [9.17, 15) is 18.5 Å². The molecule has 0 aliphatic heterocycles. The van der Waals surface area contributed by atoms with Crippen molar-refractivity contribution in [1.82, 2.24) is 4.72 Å². The summed E-state index contributed by atoms with van der Waals surface area (Å²) >= 11 is 0.